The quantitative estimate of drug-likeness (QED) is 0.434. The lowest BCUT2D eigenvalue weighted by atomic mass is 9.76. The number of allylic oxidation sites excluding steroid dienone is 1. The molecule has 1 aromatic heterocycles. The number of hydrogen-bond donors (Lipinski definition) is 0. The number of hydrogen-bond acceptors (Lipinski definition) is 3. The number of alkyl halides is 1. The summed E-state index contributed by atoms with van der Waals surface area (Å²) in [5.74, 6) is -1.16. The van der Waals surface area contributed by atoms with Gasteiger partial charge in [-0.15, -0.1) is 6.58 Å². The molecule has 3 aromatic rings. The summed E-state index contributed by atoms with van der Waals surface area (Å²) in [6.45, 7) is 3.80. The molecule has 3 rings (SSSR count). The van der Waals surface area contributed by atoms with Gasteiger partial charge in [-0.05, 0) is 18.2 Å². The minimum Gasteiger partial charge on any atom is -0.496 e. The maximum atomic E-state index is 16.7. The van der Waals surface area contributed by atoms with E-state index in [4.69, 9.17) is 4.74 Å². The Labute approximate surface area is 158 Å². The van der Waals surface area contributed by atoms with Gasteiger partial charge in [0, 0.05) is 17.3 Å². The molecule has 0 aliphatic rings. The minimum absolute atomic E-state index is 0.0367. The maximum absolute atomic E-state index is 16.7. The first kappa shape index (κ1) is 18.5. The molecule has 27 heavy (non-hydrogen) atoms. The van der Waals surface area contributed by atoms with Crippen molar-refractivity contribution in [1.29, 1.82) is 0 Å². The highest BCUT2D eigenvalue weighted by atomic mass is 19.1. The van der Waals surface area contributed by atoms with E-state index < -0.39 is 17.4 Å². The van der Waals surface area contributed by atoms with Crippen LogP contribution >= 0.6 is 0 Å². The van der Waals surface area contributed by atoms with Gasteiger partial charge in [-0.3, -0.25) is 9.78 Å². The van der Waals surface area contributed by atoms with Gasteiger partial charge in [0.25, 0.3) is 0 Å². The van der Waals surface area contributed by atoms with Gasteiger partial charge >= 0.3 is 0 Å². The summed E-state index contributed by atoms with van der Waals surface area (Å²) in [4.78, 5) is 17.5. The van der Waals surface area contributed by atoms with E-state index in [1.54, 1.807) is 66.7 Å². The van der Waals surface area contributed by atoms with Crippen LogP contribution in [0.2, 0.25) is 0 Å². The van der Waals surface area contributed by atoms with Crippen molar-refractivity contribution in [3.63, 3.8) is 0 Å². The van der Waals surface area contributed by atoms with Crippen molar-refractivity contribution < 1.29 is 13.9 Å². The Balaban J connectivity index is 2.23. The molecule has 0 aliphatic carbocycles. The second-order valence-corrected chi connectivity index (χ2v) is 6.08. The van der Waals surface area contributed by atoms with E-state index >= 15 is 4.39 Å². The maximum Gasteiger partial charge on any atom is 0.225 e. The summed E-state index contributed by atoms with van der Waals surface area (Å²) in [6, 6.07) is 20.3. The van der Waals surface area contributed by atoms with Crippen molar-refractivity contribution in [1.82, 2.24) is 4.98 Å². The number of halogens is 1. The van der Waals surface area contributed by atoms with E-state index in [9.17, 15) is 4.79 Å². The highest BCUT2D eigenvalue weighted by Crippen LogP contribution is 2.45. The third-order valence-electron chi connectivity index (χ3n) is 4.54. The highest BCUT2D eigenvalue weighted by Gasteiger charge is 2.49. The van der Waals surface area contributed by atoms with Gasteiger partial charge in [0.15, 0.2) is 0 Å². The third-order valence-corrected chi connectivity index (χ3v) is 4.54. The van der Waals surface area contributed by atoms with E-state index in [0.717, 1.165) is 0 Å². The number of carbonyl (C=O) groups excluding carboxylic acids is 1. The summed E-state index contributed by atoms with van der Waals surface area (Å²) >= 11 is 0. The van der Waals surface area contributed by atoms with Crippen molar-refractivity contribution in [3.8, 4) is 5.75 Å². The molecular weight excluding hydrogens is 341 g/mol. The third kappa shape index (κ3) is 3.38. The average Bonchev–Trinajstić information content (AvgIpc) is 2.75. The number of methoxy groups -OCH3 is 1. The zero-order valence-corrected chi connectivity index (χ0v) is 15.0. The number of nitrogens with zero attached hydrogens (tertiary/aromatic N) is 1. The van der Waals surface area contributed by atoms with Gasteiger partial charge in [-0.25, -0.2) is 4.39 Å². The zero-order chi connectivity index (χ0) is 19.3. The van der Waals surface area contributed by atoms with Crippen LogP contribution in [-0.4, -0.2) is 17.9 Å². The first-order valence-corrected chi connectivity index (χ1v) is 8.58. The number of para-hydroxylation sites is 1. The van der Waals surface area contributed by atoms with Crippen molar-refractivity contribution >= 4 is 5.78 Å². The van der Waals surface area contributed by atoms with Gasteiger partial charge in [0.2, 0.25) is 11.5 Å². The van der Waals surface area contributed by atoms with Gasteiger partial charge in [-0.2, -0.15) is 0 Å². The van der Waals surface area contributed by atoms with E-state index in [2.05, 4.69) is 11.6 Å². The summed E-state index contributed by atoms with van der Waals surface area (Å²) in [5.41, 5.74) is -1.59. The molecule has 1 heterocycles. The molecule has 0 amide bonds. The molecule has 3 nitrogen and oxygen atoms in total. The molecule has 0 fully saturated rings. The van der Waals surface area contributed by atoms with Crippen LogP contribution in [-0.2, 0) is 5.67 Å². The molecule has 136 valence electrons. The molecular formula is C23H20FNO2. The molecule has 0 N–H and O–H groups in total. The van der Waals surface area contributed by atoms with E-state index in [1.807, 2.05) is 0 Å². The van der Waals surface area contributed by atoms with Crippen LogP contribution in [0.3, 0.4) is 0 Å². The summed E-state index contributed by atoms with van der Waals surface area (Å²) in [6.07, 6.45) is 2.91. The zero-order valence-electron chi connectivity index (χ0n) is 15.0. The van der Waals surface area contributed by atoms with Gasteiger partial charge in [-0.1, -0.05) is 60.7 Å². The monoisotopic (exact) mass is 361 g/mol. The van der Waals surface area contributed by atoms with Gasteiger partial charge < -0.3 is 4.74 Å². The molecule has 0 radical (unpaired) electrons. The van der Waals surface area contributed by atoms with Crippen molar-refractivity contribution in [2.24, 2.45) is 0 Å². The lowest BCUT2D eigenvalue weighted by molar-refractivity contribution is 0.0623. The second-order valence-electron chi connectivity index (χ2n) is 6.08. The molecule has 2 aromatic carbocycles. The predicted octanol–water partition coefficient (Wildman–Crippen LogP) is 5.11. The SMILES string of the molecule is C=C[C@@H](c1ccccc1OC)[C@](F)(C(=O)c1ccccc1)c1ccccn1. The number of carbonyl (C=O) groups is 1. The summed E-state index contributed by atoms with van der Waals surface area (Å²) in [5, 5.41) is 0. The Hall–Kier alpha value is -3.27. The Kier molecular flexibility index (Phi) is 5.46. The van der Waals surface area contributed by atoms with Crippen LogP contribution in [0.15, 0.2) is 91.6 Å². The van der Waals surface area contributed by atoms with Gasteiger partial charge in [0.05, 0.1) is 18.7 Å². The molecule has 0 aliphatic heterocycles. The number of rotatable bonds is 7. The topological polar surface area (TPSA) is 39.2 Å². The minimum atomic E-state index is -2.43. The normalized spacial score (nSPS) is 14.0. The second kappa shape index (κ2) is 7.96. The van der Waals surface area contributed by atoms with Crippen LogP contribution in [0, 0.1) is 0 Å². The molecule has 2 atom stereocenters. The van der Waals surface area contributed by atoms with Crippen LogP contribution in [0.5, 0.6) is 5.75 Å². The van der Waals surface area contributed by atoms with Crippen LogP contribution in [0.4, 0.5) is 4.39 Å². The van der Waals surface area contributed by atoms with Crippen LogP contribution in [0.1, 0.15) is 27.5 Å². The molecule has 0 bridgehead atoms. The van der Waals surface area contributed by atoms with Crippen molar-refractivity contribution in [3.05, 3.63) is 108 Å². The van der Waals surface area contributed by atoms with E-state index in [0.29, 0.717) is 11.3 Å². The Morgan fingerprint density at radius 3 is 2.37 bits per heavy atom. The standard InChI is InChI=1S/C23H20FNO2/c1-3-19(18-13-7-8-14-20(18)27-2)23(24,21-15-9-10-16-25-21)22(26)17-11-5-4-6-12-17/h3-16,19H,1H2,2H3/t19-,23+/m0/s1. The number of benzene rings is 2. The highest BCUT2D eigenvalue weighted by molar-refractivity contribution is 6.03. The van der Waals surface area contributed by atoms with E-state index in [-0.39, 0.29) is 11.3 Å². The number of Topliss-reactive ketones (excluding diaryl/α,β-unsaturated/α-hetero) is 1. The fourth-order valence-corrected chi connectivity index (χ4v) is 3.22. The number of aromatic nitrogens is 1. The largest absolute Gasteiger partial charge is 0.496 e. The molecule has 0 saturated carbocycles. The lowest BCUT2D eigenvalue weighted by Gasteiger charge is -2.31. The van der Waals surface area contributed by atoms with E-state index in [1.165, 1.54) is 25.4 Å². The summed E-state index contributed by atoms with van der Waals surface area (Å²) < 4.78 is 22.1. The number of pyridine rings is 1. The molecule has 0 unspecified atom stereocenters. The van der Waals surface area contributed by atoms with Crippen LogP contribution in [0.25, 0.3) is 0 Å². The molecule has 0 saturated heterocycles. The Bertz CT molecular complexity index is 927. The smallest absolute Gasteiger partial charge is 0.225 e. The number of ketones is 1. The molecule has 0 spiro atoms. The molecule has 4 heteroatoms. The predicted molar refractivity (Wildman–Crippen MR) is 104 cm³/mol. The summed E-state index contributed by atoms with van der Waals surface area (Å²) in [7, 11) is 1.51. The lowest BCUT2D eigenvalue weighted by Crippen LogP contribution is -2.38. The first-order valence-electron chi connectivity index (χ1n) is 8.58. The Morgan fingerprint density at radius 2 is 1.74 bits per heavy atom. The first-order chi connectivity index (χ1) is 13.1. The van der Waals surface area contributed by atoms with Crippen LogP contribution < -0.4 is 4.74 Å². The van der Waals surface area contributed by atoms with Crippen molar-refractivity contribution in [2.75, 3.05) is 7.11 Å². The van der Waals surface area contributed by atoms with Crippen molar-refractivity contribution in [2.45, 2.75) is 11.6 Å². The average molecular weight is 361 g/mol. The number of ether oxygens (including phenoxy) is 1. The Morgan fingerprint density at radius 1 is 1.07 bits per heavy atom. The fraction of sp³-hybridized carbons (Fsp3) is 0.130. The fourth-order valence-electron chi connectivity index (χ4n) is 3.22. The van der Waals surface area contributed by atoms with Gasteiger partial charge in [0.1, 0.15) is 5.75 Å².